The molecule has 84 valence electrons. The van der Waals surface area contributed by atoms with Crippen LogP contribution in [0.5, 0.6) is 0 Å². The molecule has 3 nitrogen and oxygen atoms in total. The van der Waals surface area contributed by atoms with Crippen LogP contribution in [0.2, 0.25) is 0 Å². The Kier molecular flexibility index (Phi) is 3.12. The third-order valence-corrected chi connectivity index (χ3v) is 3.19. The molecule has 0 amide bonds. The van der Waals surface area contributed by atoms with Crippen molar-refractivity contribution in [3.05, 3.63) is 24.0 Å². The predicted molar refractivity (Wildman–Crippen MR) is 60.6 cm³/mol. The highest BCUT2D eigenvalue weighted by Crippen LogP contribution is 2.34. The van der Waals surface area contributed by atoms with Gasteiger partial charge in [0.05, 0.1) is 6.61 Å². The van der Waals surface area contributed by atoms with E-state index in [4.69, 9.17) is 0 Å². The smallest absolute Gasteiger partial charge is 0.0613 e. The van der Waals surface area contributed by atoms with Crippen molar-refractivity contribution >= 4 is 0 Å². The Morgan fingerprint density at radius 3 is 2.93 bits per heavy atom. The van der Waals surface area contributed by atoms with Crippen LogP contribution in [0.25, 0.3) is 0 Å². The van der Waals surface area contributed by atoms with E-state index in [2.05, 4.69) is 35.1 Å². The van der Waals surface area contributed by atoms with Gasteiger partial charge in [-0.15, -0.1) is 0 Å². The maximum absolute atomic E-state index is 9.19. The van der Waals surface area contributed by atoms with Crippen LogP contribution in [0.4, 0.5) is 0 Å². The maximum Gasteiger partial charge on any atom is 0.0613 e. The molecular weight excluding hydrogens is 188 g/mol. The normalized spacial score (nSPS) is 18.0. The number of nitrogens with zero attached hydrogens (tertiary/aromatic N) is 1. The summed E-state index contributed by atoms with van der Waals surface area (Å²) in [6.07, 6.45) is 5.50. The summed E-state index contributed by atoms with van der Waals surface area (Å²) >= 11 is 0. The Bertz CT molecular complexity index is 315. The monoisotopic (exact) mass is 208 g/mol. The number of rotatable bonds is 6. The number of aliphatic hydroxyl groups excluding tert-OH is 1. The van der Waals surface area contributed by atoms with Gasteiger partial charge in [0.15, 0.2) is 0 Å². The fraction of sp³-hybridized carbons (Fsp3) is 0.667. The number of nitrogens with one attached hydrogen (secondary N) is 1. The number of hydrogen-bond acceptors (Lipinski definition) is 2. The molecule has 1 aliphatic carbocycles. The van der Waals surface area contributed by atoms with Crippen LogP contribution in [0.15, 0.2) is 18.3 Å². The molecule has 0 aromatic carbocycles. The molecule has 2 rings (SSSR count). The zero-order valence-electron chi connectivity index (χ0n) is 9.37. The van der Waals surface area contributed by atoms with Gasteiger partial charge >= 0.3 is 0 Å². The molecule has 0 bridgehead atoms. The minimum atomic E-state index is 0.0430. The van der Waals surface area contributed by atoms with Crippen LogP contribution >= 0.6 is 0 Å². The summed E-state index contributed by atoms with van der Waals surface area (Å²) in [6, 6.07) is 4.24. The molecule has 1 aromatic rings. The minimum Gasteiger partial charge on any atom is -0.394 e. The summed E-state index contributed by atoms with van der Waals surface area (Å²) in [5.41, 5.74) is 1.36. The zero-order chi connectivity index (χ0) is 10.7. The molecule has 0 atom stereocenters. The van der Waals surface area contributed by atoms with Gasteiger partial charge in [-0.2, -0.15) is 0 Å². The van der Waals surface area contributed by atoms with Gasteiger partial charge in [0.1, 0.15) is 0 Å². The molecule has 1 saturated carbocycles. The summed E-state index contributed by atoms with van der Waals surface area (Å²) in [4.78, 5) is 0. The fourth-order valence-corrected chi connectivity index (χ4v) is 1.89. The fourth-order valence-electron chi connectivity index (χ4n) is 1.89. The van der Waals surface area contributed by atoms with E-state index in [-0.39, 0.29) is 12.1 Å². The van der Waals surface area contributed by atoms with E-state index >= 15 is 0 Å². The molecule has 2 N–H and O–H groups in total. The lowest BCUT2D eigenvalue weighted by atomic mass is 10.3. The van der Waals surface area contributed by atoms with E-state index < -0.39 is 0 Å². The average molecular weight is 208 g/mol. The second kappa shape index (κ2) is 4.37. The average Bonchev–Trinajstić information content (AvgIpc) is 2.91. The lowest BCUT2D eigenvalue weighted by Crippen LogP contribution is -2.34. The largest absolute Gasteiger partial charge is 0.394 e. The van der Waals surface area contributed by atoms with Crippen LogP contribution in [0.1, 0.15) is 31.9 Å². The second-order valence-electron chi connectivity index (χ2n) is 4.48. The predicted octanol–water partition coefficient (Wildman–Crippen LogP) is 1.51. The molecule has 0 saturated heterocycles. The first-order valence-corrected chi connectivity index (χ1v) is 5.79. The van der Waals surface area contributed by atoms with Crippen molar-refractivity contribution in [1.82, 2.24) is 9.88 Å². The Labute approximate surface area is 91.1 Å². The minimum absolute atomic E-state index is 0.0430. The van der Waals surface area contributed by atoms with Crippen LogP contribution in [-0.4, -0.2) is 21.8 Å². The summed E-state index contributed by atoms with van der Waals surface area (Å²) in [6.45, 7) is 4.40. The maximum atomic E-state index is 9.19. The summed E-state index contributed by atoms with van der Waals surface area (Å²) < 4.78 is 2.28. The molecular formula is C12H20N2O. The van der Waals surface area contributed by atoms with Crippen LogP contribution in [0, 0.1) is 0 Å². The van der Waals surface area contributed by atoms with E-state index in [9.17, 15) is 5.11 Å². The Morgan fingerprint density at radius 2 is 2.33 bits per heavy atom. The van der Waals surface area contributed by atoms with Gasteiger partial charge < -0.3 is 15.0 Å². The molecule has 0 aliphatic heterocycles. The zero-order valence-corrected chi connectivity index (χ0v) is 9.37. The highest BCUT2D eigenvalue weighted by atomic mass is 16.3. The molecule has 1 fully saturated rings. The quantitative estimate of drug-likeness (QED) is 0.743. The van der Waals surface area contributed by atoms with E-state index in [1.54, 1.807) is 0 Å². The number of aliphatic hydroxyl groups is 1. The highest BCUT2D eigenvalue weighted by Gasteiger charge is 2.41. The van der Waals surface area contributed by atoms with Crippen LogP contribution < -0.4 is 5.32 Å². The highest BCUT2D eigenvalue weighted by molar-refractivity contribution is 5.10. The Hall–Kier alpha value is -0.800. The first kappa shape index (κ1) is 10.7. The van der Waals surface area contributed by atoms with Gasteiger partial charge in [-0.3, -0.25) is 0 Å². The number of aromatic nitrogens is 1. The van der Waals surface area contributed by atoms with Crippen LogP contribution in [-0.2, 0) is 13.1 Å². The lowest BCUT2D eigenvalue weighted by Gasteiger charge is -2.15. The van der Waals surface area contributed by atoms with E-state index in [1.165, 1.54) is 5.69 Å². The van der Waals surface area contributed by atoms with Gasteiger partial charge in [-0.05, 0) is 31.4 Å². The van der Waals surface area contributed by atoms with E-state index in [1.807, 2.05) is 0 Å². The van der Waals surface area contributed by atoms with Crippen LogP contribution in [0.3, 0.4) is 0 Å². The molecule has 0 radical (unpaired) electrons. The lowest BCUT2D eigenvalue weighted by molar-refractivity contribution is 0.229. The van der Waals surface area contributed by atoms with Gasteiger partial charge in [0.25, 0.3) is 0 Å². The van der Waals surface area contributed by atoms with Crippen molar-refractivity contribution in [2.45, 2.75) is 44.8 Å². The molecule has 15 heavy (non-hydrogen) atoms. The third-order valence-electron chi connectivity index (χ3n) is 3.19. The first-order valence-electron chi connectivity index (χ1n) is 5.79. The molecule has 1 aliphatic rings. The summed E-state index contributed by atoms with van der Waals surface area (Å²) in [5.74, 6) is 0. The van der Waals surface area contributed by atoms with E-state index in [0.717, 1.165) is 32.4 Å². The van der Waals surface area contributed by atoms with E-state index in [0.29, 0.717) is 0 Å². The van der Waals surface area contributed by atoms with Crippen molar-refractivity contribution in [2.24, 2.45) is 0 Å². The SMILES string of the molecule is CCCn1cccc1CNC1(CO)CC1. The van der Waals surface area contributed by atoms with Crippen molar-refractivity contribution in [1.29, 1.82) is 0 Å². The topological polar surface area (TPSA) is 37.2 Å². The standard InChI is InChI=1S/C12H20N2O/c1-2-7-14-8-3-4-11(14)9-13-12(10-15)5-6-12/h3-4,8,13,15H,2,5-7,9-10H2,1H3. The van der Waals surface area contributed by atoms with Crippen molar-refractivity contribution in [2.75, 3.05) is 6.61 Å². The van der Waals surface area contributed by atoms with Gasteiger partial charge in [-0.1, -0.05) is 6.92 Å². The first-order chi connectivity index (χ1) is 7.29. The molecule has 1 aromatic heterocycles. The molecule has 3 heteroatoms. The van der Waals surface area contributed by atoms with Crippen molar-refractivity contribution in [3.63, 3.8) is 0 Å². The van der Waals surface area contributed by atoms with Gasteiger partial charge in [0.2, 0.25) is 0 Å². The Morgan fingerprint density at radius 1 is 1.53 bits per heavy atom. The number of hydrogen-bond donors (Lipinski definition) is 2. The third kappa shape index (κ3) is 2.41. The molecule has 0 spiro atoms. The van der Waals surface area contributed by atoms with Crippen molar-refractivity contribution < 1.29 is 5.11 Å². The summed E-state index contributed by atoms with van der Waals surface area (Å²) in [7, 11) is 0. The number of aryl methyl sites for hydroxylation is 1. The molecule has 1 heterocycles. The van der Waals surface area contributed by atoms with Crippen molar-refractivity contribution in [3.8, 4) is 0 Å². The van der Waals surface area contributed by atoms with Gasteiger partial charge in [0, 0.05) is 30.5 Å². The summed E-state index contributed by atoms with van der Waals surface area (Å²) in [5, 5.41) is 12.6. The molecule has 0 unspecified atom stereocenters. The second-order valence-corrected chi connectivity index (χ2v) is 4.48. The Balaban J connectivity index is 1.90. The van der Waals surface area contributed by atoms with Gasteiger partial charge in [-0.25, -0.2) is 0 Å².